The number of halogens is 3. The summed E-state index contributed by atoms with van der Waals surface area (Å²) in [5, 5.41) is 25.2. The standard InChI is InChI=1S/C28H37FN8O4.C24H29FN4O4.CH3F.CH4N4.CH4/c1-40-25-9-7-21(18-23(25)29)24(19-26(38)31-11-16-41-17-12-33-35-30)37-15-14-36(28(37)39)13-3-5-22-8-6-20-4-2-10-32-27(20)34-22;1-33-21-9-7-17(14-19(21)25)20(15-22(30)31)29-13-12-28(24(29)32)11-3-5-18-8-6-16-4-2-10-26-23(16)27-18;1-2;2-1-4-5-3;/h6-9,18,24H,2-5,10-17,19H2,1H3,(H,31,38)(H,32,34);6-9,14,20H,2-5,10-13,15H2,1H3,(H,26,27)(H,30,31);1H3;1-2H2;1H4/t24-;20-;;;/m00.../s1/i;;1D;;. The largest absolute Gasteiger partial charge is 0.494 e. The van der Waals surface area contributed by atoms with Crippen LogP contribution in [0.3, 0.4) is 0 Å². The van der Waals surface area contributed by atoms with Gasteiger partial charge in [-0.25, -0.2) is 28.3 Å². The van der Waals surface area contributed by atoms with Crippen LogP contribution in [0.25, 0.3) is 20.9 Å². The molecule has 27 heteroatoms. The highest BCUT2D eigenvalue weighted by Gasteiger charge is 2.37. The Hall–Kier alpha value is -8.25. The lowest BCUT2D eigenvalue weighted by Crippen LogP contribution is -2.38. The molecule has 446 valence electrons. The smallest absolute Gasteiger partial charge is 0.320 e. The number of ether oxygens (including phenoxy) is 3. The Morgan fingerprint density at radius 2 is 1.27 bits per heavy atom. The molecular weight excluding hydrogens is 1070 g/mol. The first-order valence-electron chi connectivity index (χ1n) is 27.4. The molecule has 8 rings (SSSR count). The average molecular weight is 1150 g/mol. The van der Waals surface area contributed by atoms with Crippen LogP contribution in [-0.4, -0.2) is 165 Å². The van der Waals surface area contributed by atoms with Crippen LogP contribution in [0.4, 0.5) is 34.4 Å². The van der Waals surface area contributed by atoms with Crippen molar-refractivity contribution in [1.29, 1.82) is 0 Å². The van der Waals surface area contributed by atoms with Crippen molar-refractivity contribution in [1.82, 2.24) is 34.9 Å². The molecule has 0 spiro atoms. The minimum absolute atomic E-state index is 0. The zero-order chi connectivity index (χ0) is 59.2. The molecule has 0 aliphatic carbocycles. The number of nitrogens with two attached hydrogens (primary N) is 1. The van der Waals surface area contributed by atoms with Crippen LogP contribution in [-0.2, 0) is 40.0 Å². The molecule has 2 atom stereocenters. The second kappa shape index (κ2) is 35.5. The molecule has 6 N–H and O–H groups in total. The number of methoxy groups -OCH3 is 2. The molecule has 2 fully saturated rings. The van der Waals surface area contributed by atoms with Crippen molar-refractivity contribution in [3.8, 4) is 11.5 Å². The SMILES string of the molecule is C.COc1ccc([C@H](CC(=O)NCCOCCN=[N+]=[N-])N2CCN(CCCc3ccc4c(n3)NCCC4)C2=O)cc1F.COc1ccc([C@H](CC(=O)O)N2CCN(CCCc3ccc4c(n3)NCCC4)C2=O)cc1F.[2H]CF.[N-]=[N+]=NCN. The molecule has 5 amide bonds. The van der Waals surface area contributed by atoms with Gasteiger partial charge in [0.2, 0.25) is 5.91 Å². The fourth-order valence-corrected chi connectivity index (χ4v) is 9.67. The molecule has 0 unspecified atom stereocenters. The lowest BCUT2D eigenvalue weighted by atomic mass is 10.0. The zero-order valence-electron chi connectivity index (χ0n) is 46.8. The number of carboxylic acids is 1. The number of pyridine rings is 2. The number of anilines is 2. The van der Waals surface area contributed by atoms with E-state index in [1.807, 2.05) is 6.07 Å². The highest BCUT2D eigenvalue weighted by molar-refractivity contribution is 5.81. The summed E-state index contributed by atoms with van der Waals surface area (Å²) in [4.78, 5) is 71.9. The van der Waals surface area contributed by atoms with Crippen LogP contribution >= 0.6 is 0 Å². The van der Waals surface area contributed by atoms with Crippen LogP contribution in [0.2, 0.25) is 0 Å². The number of aliphatic carboxylic acids is 1. The van der Waals surface area contributed by atoms with Crippen LogP contribution in [0.15, 0.2) is 70.9 Å². The van der Waals surface area contributed by atoms with Gasteiger partial charge >= 0.3 is 18.0 Å². The van der Waals surface area contributed by atoms with Crippen molar-refractivity contribution in [2.45, 2.75) is 83.7 Å². The first-order valence-corrected chi connectivity index (χ1v) is 26.7. The van der Waals surface area contributed by atoms with Gasteiger partial charge in [-0.05, 0) is 121 Å². The maximum absolute atomic E-state index is 14.6. The van der Waals surface area contributed by atoms with Crippen molar-refractivity contribution in [3.05, 3.63) is 127 Å². The second-order valence-corrected chi connectivity index (χ2v) is 18.8. The third-order valence-corrected chi connectivity index (χ3v) is 13.6. The fourth-order valence-electron chi connectivity index (χ4n) is 9.67. The van der Waals surface area contributed by atoms with Crippen molar-refractivity contribution in [3.63, 3.8) is 0 Å². The first kappa shape index (κ1) is 64.6. The third-order valence-electron chi connectivity index (χ3n) is 13.6. The molecular formula is C55H77F3N16O8. The number of nitrogens with one attached hydrogen (secondary N) is 3. The van der Waals surface area contributed by atoms with Crippen LogP contribution < -0.4 is 31.2 Å². The topological polar surface area (TPSA) is 315 Å². The summed E-state index contributed by atoms with van der Waals surface area (Å²) in [7, 11) is 1.75. The van der Waals surface area contributed by atoms with Crippen molar-refractivity contribution in [2.75, 3.05) is 117 Å². The molecule has 4 aliphatic heterocycles. The molecule has 0 bridgehead atoms. The Morgan fingerprint density at radius 3 is 1.70 bits per heavy atom. The van der Waals surface area contributed by atoms with E-state index in [-0.39, 0.29) is 82.7 Å². The Bertz CT molecular complexity index is 2830. The number of amides is 5. The Balaban J connectivity index is 0.000000317. The fraction of sp³-hybridized carbons (Fsp3) is 0.527. The van der Waals surface area contributed by atoms with Crippen LogP contribution in [0, 0.1) is 11.6 Å². The number of aryl methyl sites for hydroxylation is 4. The highest BCUT2D eigenvalue weighted by atomic mass is 19.1. The van der Waals surface area contributed by atoms with E-state index in [1.165, 1.54) is 54.5 Å². The highest BCUT2D eigenvalue weighted by Crippen LogP contribution is 2.33. The van der Waals surface area contributed by atoms with E-state index in [0.29, 0.717) is 50.4 Å². The molecule has 6 heterocycles. The minimum atomic E-state index is -1.05. The van der Waals surface area contributed by atoms with Gasteiger partial charge in [-0.1, -0.05) is 41.9 Å². The predicted molar refractivity (Wildman–Crippen MR) is 304 cm³/mol. The number of fused-ring (bicyclic) bond motifs is 2. The number of rotatable bonds is 25. The number of hydrogen-bond donors (Lipinski definition) is 5. The van der Waals surface area contributed by atoms with E-state index in [0.717, 1.165) is 87.5 Å². The number of hydrogen-bond acceptors (Lipinski definition) is 14. The summed E-state index contributed by atoms with van der Waals surface area (Å²) in [5.74, 6) is -0.378. The van der Waals surface area contributed by atoms with Gasteiger partial charge < -0.3 is 60.6 Å². The predicted octanol–water partition coefficient (Wildman–Crippen LogP) is 8.74. The summed E-state index contributed by atoms with van der Waals surface area (Å²) in [6, 6.07) is 15.4. The molecule has 2 aromatic heterocycles. The van der Waals surface area contributed by atoms with Gasteiger partial charge in [-0.3, -0.25) is 14.0 Å². The van der Waals surface area contributed by atoms with E-state index in [9.17, 15) is 37.5 Å². The normalized spacial score (nSPS) is 14.7. The van der Waals surface area contributed by atoms with Gasteiger partial charge in [0.1, 0.15) is 11.6 Å². The third kappa shape index (κ3) is 19.8. The summed E-state index contributed by atoms with van der Waals surface area (Å²) < 4.78 is 59.7. The molecule has 4 aromatic rings. The Kier molecular flexibility index (Phi) is 27.9. The number of aromatic nitrogens is 2. The molecule has 0 radical (unpaired) electrons. The Morgan fingerprint density at radius 1 is 0.780 bits per heavy atom. The monoisotopic (exact) mass is 1150 g/mol. The number of alkyl halides is 1. The molecule has 82 heavy (non-hydrogen) atoms. The van der Waals surface area contributed by atoms with Gasteiger partial charge in [-0.15, -0.1) is 0 Å². The number of benzene rings is 2. The van der Waals surface area contributed by atoms with Crippen LogP contribution in [0.1, 0.15) is 93.0 Å². The van der Waals surface area contributed by atoms with Gasteiger partial charge in [0.25, 0.3) is 0 Å². The average Bonchev–Trinajstić information content (AvgIpc) is 4.05. The summed E-state index contributed by atoms with van der Waals surface area (Å²) >= 11 is 0. The lowest BCUT2D eigenvalue weighted by Gasteiger charge is -2.28. The maximum atomic E-state index is 14.6. The molecule has 24 nitrogen and oxygen atoms in total. The molecule has 2 aromatic carbocycles. The van der Waals surface area contributed by atoms with Crippen molar-refractivity contribution >= 4 is 35.6 Å². The van der Waals surface area contributed by atoms with Gasteiger partial charge in [0.05, 0.1) is 67.6 Å². The molecule has 4 aliphatic rings. The van der Waals surface area contributed by atoms with E-state index in [4.69, 9.17) is 42.3 Å². The molecule has 0 saturated carbocycles. The van der Waals surface area contributed by atoms with Gasteiger partial charge in [0, 0.05) is 86.7 Å². The van der Waals surface area contributed by atoms with Gasteiger partial charge in [0.15, 0.2) is 23.1 Å². The van der Waals surface area contributed by atoms with E-state index < -0.39 is 36.8 Å². The van der Waals surface area contributed by atoms with E-state index in [2.05, 4.69) is 54.2 Å². The number of carbonyl (C=O) groups excluding carboxylic acids is 3. The van der Waals surface area contributed by atoms with Crippen molar-refractivity contribution < 1.29 is 53.0 Å². The minimum Gasteiger partial charge on any atom is -0.494 e. The number of nitrogens with zero attached hydrogens (tertiary/aromatic N) is 12. The number of urea groups is 2. The zero-order valence-corrected chi connectivity index (χ0v) is 45.8. The summed E-state index contributed by atoms with van der Waals surface area (Å²) in [6.07, 6.45) is 7.00. The van der Waals surface area contributed by atoms with E-state index >= 15 is 0 Å². The van der Waals surface area contributed by atoms with Gasteiger partial charge in [-0.2, -0.15) is 0 Å². The summed E-state index contributed by atoms with van der Waals surface area (Å²) in [6.45, 7) is 5.86. The first-order chi connectivity index (χ1) is 39.8. The molecule has 2 saturated heterocycles. The number of carbonyl (C=O) groups is 4. The summed E-state index contributed by atoms with van der Waals surface area (Å²) in [5.41, 5.74) is 25.9. The second-order valence-electron chi connectivity index (χ2n) is 18.8. The number of azide groups is 2. The quantitative estimate of drug-likeness (QED) is 0.0180. The maximum Gasteiger partial charge on any atom is 0.320 e. The number of carboxylic acid groups (broad SMARTS) is 1. The van der Waals surface area contributed by atoms with E-state index in [1.54, 1.807) is 26.8 Å². The Labute approximate surface area is 477 Å². The van der Waals surface area contributed by atoms with Crippen LogP contribution in [0.5, 0.6) is 11.5 Å². The lowest BCUT2D eigenvalue weighted by molar-refractivity contribution is -0.138. The van der Waals surface area contributed by atoms with Crippen molar-refractivity contribution in [2.24, 2.45) is 16.0 Å².